The third-order valence-electron chi connectivity index (χ3n) is 2.82. The molecule has 108 valence electrons. The average molecular weight is 308 g/mol. The number of nitrogens with one attached hydrogen (secondary N) is 1. The van der Waals surface area contributed by atoms with E-state index in [1.807, 2.05) is 6.92 Å². The number of hydrogen-bond donors (Lipinski definition) is 2. The zero-order valence-corrected chi connectivity index (χ0v) is 11.7. The Morgan fingerprint density at radius 3 is 2.48 bits per heavy atom. The molecule has 2 aromatic carbocycles. The minimum Gasteiger partial charge on any atom is -0.478 e. The van der Waals surface area contributed by atoms with Crippen LogP contribution in [0.3, 0.4) is 0 Å². The van der Waals surface area contributed by atoms with Gasteiger partial charge in [0.2, 0.25) is 0 Å². The van der Waals surface area contributed by atoms with E-state index in [-0.39, 0.29) is 16.3 Å². The highest BCUT2D eigenvalue weighted by Crippen LogP contribution is 2.20. The summed E-state index contributed by atoms with van der Waals surface area (Å²) < 4.78 is 13.3. The molecule has 0 saturated heterocycles. The first-order valence-corrected chi connectivity index (χ1v) is 6.36. The number of rotatable bonds is 3. The van der Waals surface area contributed by atoms with Crippen molar-refractivity contribution in [3.63, 3.8) is 0 Å². The molecule has 4 nitrogen and oxygen atoms in total. The fraction of sp³-hybridized carbons (Fsp3) is 0.0667. The predicted molar refractivity (Wildman–Crippen MR) is 77.5 cm³/mol. The van der Waals surface area contributed by atoms with E-state index in [1.54, 1.807) is 18.2 Å². The molecule has 0 aliphatic carbocycles. The Labute approximate surface area is 125 Å². The zero-order chi connectivity index (χ0) is 15.6. The van der Waals surface area contributed by atoms with Crippen molar-refractivity contribution in [1.82, 2.24) is 0 Å². The lowest BCUT2D eigenvalue weighted by molar-refractivity contribution is 0.0691. The third-order valence-corrected chi connectivity index (χ3v) is 3.14. The molecule has 0 bridgehead atoms. The van der Waals surface area contributed by atoms with Gasteiger partial charge >= 0.3 is 5.97 Å². The summed E-state index contributed by atoms with van der Waals surface area (Å²) in [4.78, 5) is 22.9. The van der Waals surface area contributed by atoms with E-state index in [1.165, 1.54) is 6.07 Å². The fourth-order valence-corrected chi connectivity index (χ4v) is 2.09. The van der Waals surface area contributed by atoms with Gasteiger partial charge in [0.25, 0.3) is 5.91 Å². The molecule has 1 amide bonds. The lowest BCUT2D eigenvalue weighted by atomic mass is 10.1. The van der Waals surface area contributed by atoms with Crippen LogP contribution in [0.4, 0.5) is 10.1 Å². The van der Waals surface area contributed by atoms with E-state index in [0.29, 0.717) is 0 Å². The summed E-state index contributed by atoms with van der Waals surface area (Å²) >= 11 is 5.98. The molecule has 0 aliphatic rings. The van der Waals surface area contributed by atoms with Crippen LogP contribution in [0, 0.1) is 12.7 Å². The van der Waals surface area contributed by atoms with Gasteiger partial charge in [0, 0.05) is 5.69 Å². The van der Waals surface area contributed by atoms with Crippen LogP contribution in [0.25, 0.3) is 0 Å². The van der Waals surface area contributed by atoms with Gasteiger partial charge in [0.05, 0.1) is 16.1 Å². The minimum absolute atomic E-state index is 0.176. The molecule has 2 N–H and O–H groups in total. The molecule has 0 heterocycles. The van der Waals surface area contributed by atoms with E-state index < -0.39 is 23.3 Å². The number of halogens is 2. The van der Waals surface area contributed by atoms with Crippen LogP contribution >= 0.6 is 11.6 Å². The van der Waals surface area contributed by atoms with Gasteiger partial charge in [-0.2, -0.15) is 0 Å². The maximum absolute atomic E-state index is 13.3. The standard InChI is InChI=1S/C15H11ClFNO3/c1-8-2-4-10(12(16)6-8)14(19)18-9-3-5-13(17)11(7-9)15(20)21/h2-7H,1H3,(H,18,19)(H,20,21). The number of hydrogen-bond acceptors (Lipinski definition) is 2. The molecule has 0 radical (unpaired) electrons. The molecule has 0 atom stereocenters. The highest BCUT2D eigenvalue weighted by molar-refractivity contribution is 6.34. The van der Waals surface area contributed by atoms with Crippen LogP contribution in [-0.4, -0.2) is 17.0 Å². The lowest BCUT2D eigenvalue weighted by Gasteiger charge is -2.08. The molecule has 6 heteroatoms. The topological polar surface area (TPSA) is 66.4 Å². The number of benzene rings is 2. The van der Waals surface area contributed by atoms with E-state index in [2.05, 4.69) is 5.32 Å². The highest BCUT2D eigenvalue weighted by Gasteiger charge is 2.14. The molecule has 0 aliphatic heterocycles. The van der Waals surface area contributed by atoms with E-state index >= 15 is 0 Å². The Bertz CT molecular complexity index is 731. The van der Waals surface area contributed by atoms with Gasteiger partial charge in [-0.05, 0) is 42.8 Å². The highest BCUT2D eigenvalue weighted by atomic mass is 35.5. The maximum atomic E-state index is 13.3. The molecule has 21 heavy (non-hydrogen) atoms. The SMILES string of the molecule is Cc1ccc(C(=O)Nc2ccc(F)c(C(=O)O)c2)c(Cl)c1. The maximum Gasteiger partial charge on any atom is 0.338 e. The molecular formula is C15H11ClFNO3. The lowest BCUT2D eigenvalue weighted by Crippen LogP contribution is -2.13. The van der Waals surface area contributed by atoms with Crippen LogP contribution in [0.5, 0.6) is 0 Å². The third kappa shape index (κ3) is 3.38. The first-order valence-electron chi connectivity index (χ1n) is 5.99. The first kappa shape index (κ1) is 15.0. The number of aromatic carboxylic acids is 1. The molecule has 0 spiro atoms. The van der Waals surface area contributed by atoms with Crippen LogP contribution in [-0.2, 0) is 0 Å². The summed E-state index contributed by atoms with van der Waals surface area (Å²) in [6.07, 6.45) is 0. The Kier molecular flexibility index (Phi) is 4.23. The second kappa shape index (κ2) is 5.93. The minimum atomic E-state index is -1.41. The van der Waals surface area contributed by atoms with Crippen molar-refractivity contribution in [1.29, 1.82) is 0 Å². The van der Waals surface area contributed by atoms with Gasteiger partial charge in [0.15, 0.2) is 0 Å². The van der Waals surface area contributed by atoms with Crippen LogP contribution in [0.15, 0.2) is 36.4 Å². The second-order valence-electron chi connectivity index (χ2n) is 4.44. The molecule has 0 unspecified atom stereocenters. The number of carboxylic acid groups (broad SMARTS) is 1. The number of amides is 1. The Hall–Kier alpha value is -2.40. The van der Waals surface area contributed by atoms with Gasteiger partial charge in [-0.3, -0.25) is 4.79 Å². The second-order valence-corrected chi connectivity index (χ2v) is 4.84. The average Bonchev–Trinajstić information content (AvgIpc) is 2.40. The van der Waals surface area contributed by atoms with Crippen molar-refractivity contribution in [2.24, 2.45) is 0 Å². The molecule has 0 fully saturated rings. The summed E-state index contributed by atoms with van der Waals surface area (Å²) in [5, 5.41) is 11.6. The number of anilines is 1. The fourth-order valence-electron chi connectivity index (χ4n) is 1.77. The number of aryl methyl sites for hydroxylation is 1. The molecular weight excluding hydrogens is 297 g/mol. The van der Waals surface area contributed by atoms with Crippen LogP contribution in [0.2, 0.25) is 5.02 Å². The number of carbonyl (C=O) groups excluding carboxylic acids is 1. The van der Waals surface area contributed by atoms with E-state index in [9.17, 15) is 14.0 Å². The largest absolute Gasteiger partial charge is 0.478 e. The van der Waals surface area contributed by atoms with Crippen molar-refractivity contribution in [2.45, 2.75) is 6.92 Å². The van der Waals surface area contributed by atoms with Crippen LogP contribution < -0.4 is 5.32 Å². The predicted octanol–water partition coefficient (Wildman–Crippen LogP) is 3.74. The van der Waals surface area contributed by atoms with Gasteiger partial charge in [-0.1, -0.05) is 17.7 Å². The van der Waals surface area contributed by atoms with Crippen molar-refractivity contribution >= 4 is 29.2 Å². The Balaban J connectivity index is 2.27. The summed E-state index contributed by atoms with van der Waals surface area (Å²) in [5.41, 5.74) is 0.827. The Morgan fingerprint density at radius 1 is 1.14 bits per heavy atom. The van der Waals surface area contributed by atoms with E-state index in [4.69, 9.17) is 16.7 Å². The van der Waals surface area contributed by atoms with Gasteiger partial charge in [0.1, 0.15) is 5.82 Å². The van der Waals surface area contributed by atoms with Gasteiger partial charge < -0.3 is 10.4 Å². The quantitative estimate of drug-likeness (QED) is 0.907. The van der Waals surface area contributed by atoms with Crippen molar-refractivity contribution in [2.75, 3.05) is 5.32 Å². The van der Waals surface area contributed by atoms with Crippen LogP contribution in [0.1, 0.15) is 26.3 Å². The van der Waals surface area contributed by atoms with Crippen molar-refractivity contribution in [3.05, 3.63) is 63.9 Å². The smallest absolute Gasteiger partial charge is 0.338 e. The summed E-state index contributed by atoms with van der Waals surface area (Å²) in [6, 6.07) is 8.25. The monoisotopic (exact) mass is 307 g/mol. The first-order chi connectivity index (χ1) is 9.88. The van der Waals surface area contributed by atoms with Gasteiger partial charge in [-0.25, -0.2) is 9.18 Å². The summed E-state index contributed by atoms with van der Waals surface area (Å²) in [7, 11) is 0. The molecule has 0 aromatic heterocycles. The molecule has 2 rings (SSSR count). The molecule has 2 aromatic rings. The Morgan fingerprint density at radius 2 is 1.86 bits per heavy atom. The number of carboxylic acids is 1. The molecule has 0 saturated carbocycles. The van der Waals surface area contributed by atoms with Gasteiger partial charge in [-0.15, -0.1) is 0 Å². The van der Waals surface area contributed by atoms with E-state index in [0.717, 1.165) is 17.7 Å². The summed E-state index contributed by atoms with van der Waals surface area (Å²) in [5.74, 6) is -2.77. The number of carbonyl (C=O) groups is 2. The summed E-state index contributed by atoms with van der Waals surface area (Å²) in [6.45, 7) is 1.84. The normalized spacial score (nSPS) is 10.2. The van der Waals surface area contributed by atoms with Crippen molar-refractivity contribution < 1.29 is 19.1 Å². The zero-order valence-electron chi connectivity index (χ0n) is 11.0. The van der Waals surface area contributed by atoms with Crippen molar-refractivity contribution in [3.8, 4) is 0 Å².